The zero-order valence-corrected chi connectivity index (χ0v) is 15.1. The summed E-state index contributed by atoms with van der Waals surface area (Å²) in [4.78, 5) is 16.1. The van der Waals surface area contributed by atoms with Gasteiger partial charge in [0.25, 0.3) is 5.91 Å². The van der Waals surface area contributed by atoms with Gasteiger partial charge in [0.15, 0.2) is 12.7 Å². The van der Waals surface area contributed by atoms with E-state index in [1.807, 2.05) is 12.1 Å². The molecule has 1 aliphatic rings. The molecule has 0 bridgehead atoms. The van der Waals surface area contributed by atoms with Gasteiger partial charge < -0.3 is 15.2 Å². The topological polar surface area (TPSA) is 71.5 Å². The number of carbonyl (C=O) groups is 1. The maximum atomic E-state index is 12.1. The smallest absolute Gasteiger partial charge is 0.422 e. The predicted octanol–water partition coefficient (Wildman–Crippen LogP) is 3.29. The van der Waals surface area contributed by atoms with E-state index >= 15 is 0 Å². The molecule has 1 fully saturated rings. The van der Waals surface area contributed by atoms with E-state index in [0.717, 1.165) is 0 Å². The highest BCUT2D eigenvalue weighted by molar-refractivity contribution is 5.81. The number of amides is 1. The Bertz CT molecular complexity index is 788. The van der Waals surface area contributed by atoms with E-state index < -0.39 is 24.8 Å². The highest BCUT2D eigenvalue weighted by Crippen LogP contribution is 2.40. The zero-order valence-electron chi connectivity index (χ0n) is 15.1. The Kier molecular flexibility index (Phi) is 6.18. The predicted molar refractivity (Wildman–Crippen MR) is 95.9 cm³/mol. The number of aromatic nitrogens is 1. The summed E-state index contributed by atoms with van der Waals surface area (Å²) in [6, 6.07) is 10.3. The van der Waals surface area contributed by atoms with Crippen LogP contribution < -0.4 is 10.1 Å². The molecule has 0 aliphatic heterocycles. The zero-order chi connectivity index (χ0) is 20.1. The van der Waals surface area contributed by atoms with Crippen molar-refractivity contribution in [3.05, 3.63) is 59.4 Å². The maximum absolute atomic E-state index is 12.1. The van der Waals surface area contributed by atoms with Gasteiger partial charge >= 0.3 is 6.18 Å². The highest BCUT2D eigenvalue weighted by atomic mass is 19.4. The number of alkyl halides is 3. The van der Waals surface area contributed by atoms with Crippen molar-refractivity contribution in [1.82, 2.24) is 10.3 Å². The average Bonchev–Trinajstić information content (AvgIpc) is 3.51. The minimum absolute atomic E-state index is 0.0233. The third kappa shape index (κ3) is 5.95. The average molecular weight is 394 g/mol. The minimum Gasteiger partial charge on any atom is -0.483 e. The lowest BCUT2D eigenvalue weighted by atomic mass is 10.0. The number of ether oxygens (including phenoxy) is 1. The first kappa shape index (κ1) is 20.1. The monoisotopic (exact) mass is 394 g/mol. The first-order valence-electron chi connectivity index (χ1n) is 9.02. The van der Waals surface area contributed by atoms with E-state index in [1.165, 1.54) is 36.7 Å². The Morgan fingerprint density at radius 2 is 1.93 bits per heavy atom. The number of benzene rings is 1. The van der Waals surface area contributed by atoms with Crippen LogP contribution in [0.5, 0.6) is 5.75 Å². The lowest BCUT2D eigenvalue weighted by Crippen LogP contribution is -2.31. The van der Waals surface area contributed by atoms with Gasteiger partial charge in [-0.05, 0) is 42.0 Å². The van der Waals surface area contributed by atoms with Crippen molar-refractivity contribution in [1.29, 1.82) is 0 Å². The molecule has 1 amide bonds. The highest BCUT2D eigenvalue weighted by Gasteiger charge is 2.28. The first-order chi connectivity index (χ1) is 13.3. The largest absolute Gasteiger partial charge is 0.483 e. The van der Waals surface area contributed by atoms with Crippen LogP contribution in [0.2, 0.25) is 0 Å². The number of aliphatic hydroxyl groups excluding tert-OH is 1. The Balaban J connectivity index is 1.42. The van der Waals surface area contributed by atoms with Crippen LogP contribution in [0.15, 0.2) is 42.6 Å². The number of halogens is 3. The Morgan fingerprint density at radius 1 is 1.21 bits per heavy atom. The van der Waals surface area contributed by atoms with Crippen LogP contribution in [0.4, 0.5) is 13.2 Å². The quantitative estimate of drug-likeness (QED) is 0.721. The second-order valence-electron chi connectivity index (χ2n) is 6.77. The van der Waals surface area contributed by atoms with E-state index in [-0.39, 0.29) is 12.3 Å². The molecule has 1 heterocycles. The summed E-state index contributed by atoms with van der Waals surface area (Å²) in [5.74, 6) is 0.122. The van der Waals surface area contributed by atoms with Crippen LogP contribution in [-0.4, -0.2) is 35.3 Å². The molecule has 5 nitrogen and oxygen atoms in total. The van der Waals surface area contributed by atoms with E-state index in [4.69, 9.17) is 0 Å². The summed E-state index contributed by atoms with van der Waals surface area (Å²) < 4.78 is 40.9. The van der Waals surface area contributed by atoms with E-state index in [0.29, 0.717) is 23.6 Å². The molecular formula is C20H21F3N2O3. The van der Waals surface area contributed by atoms with Crippen molar-refractivity contribution in [2.24, 2.45) is 0 Å². The number of carbonyl (C=O) groups excluding carboxylic acids is 1. The molecule has 8 heteroatoms. The van der Waals surface area contributed by atoms with Crippen LogP contribution in [0, 0.1) is 0 Å². The van der Waals surface area contributed by atoms with Crippen molar-refractivity contribution in [3.63, 3.8) is 0 Å². The molecule has 150 valence electrons. The summed E-state index contributed by atoms with van der Waals surface area (Å²) in [6.07, 6.45) is -1.70. The minimum atomic E-state index is -4.40. The van der Waals surface area contributed by atoms with Crippen molar-refractivity contribution in [2.45, 2.75) is 37.5 Å². The normalized spacial score (nSPS) is 15.1. The van der Waals surface area contributed by atoms with E-state index in [2.05, 4.69) is 15.0 Å². The Labute approximate surface area is 160 Å². The fraction of sp³-hybridized carbons (Fsp3) is 0.400. The summed E-state index contributed by atoms with van der Waals surface area (Å²) in [6.45, 7) is -1.13. The van der Waals surface area contributed by atoms with Gasteiger partial charge in [-0.25, -0.2) is 0 Å². The summed E-state index contributed by atoms with van der Waals surface area (Å²) in [5.41, 5.74) is 2.35. The molecule has 2 aromatic rings. The summed E-state index contributed by atoms with van der Waals surface area (Å²) in [7, 11) is 0. The molecule has 1 atom stereocenters. The molecule has 1 aliphatic carbocycles. The summed E-state index contributed by atoms with van der Waals surface area (Å²) >= 11 is 0. The van der Waals surface area contributed by atoms with Gasteiger partial charge in [-0.3, -0.25) is 9.78 Å². The van der Waals surface area contributed by atoms with Crippen molar-refractivity contribution >= 4 is 5.91 Å². The molecule has 1 unspecified atom stereocenters. The third-order valence-corrected chi connectivity index (χ3v) is 4.43. The molecule has 1 aromatic heterocycles. The van der Waals surface area contributed by atoms with Crippen molar-refractivity contribution in [3.8, 4) is 5.75 Å². The molecule has 0 spiro atoms. The van der Waals surface area contributed by atoms with Gasteiger partial charge in [0.2, 0.25) is 0 Å². The number of nitrogens with zero attached hydrogens (tertiary/aromatic N) is 1. The SMILES string of the molecule is O=C(NCCc1ccc(OCC(F)(F)F)cn1)C(O)c1ccc(C2CC2)cc1. The van der Waals surface area contributed by atoms with Crippen LogP contribution >= 0.6 is 0 Å². The molecule has 0 saturated heterocycles. The Morgan fingerprint density at radius 3 is 2.50 bits per heavy atom. The second-order valence-corrected chi connectivity index (χ2v) is 6.77. The van der Waals surface area contributed by atoms with Gasteiger partial charge in [-0.2, -0.15) is 13.2 Å². The van der Waals surface area contributed by atoms with Crippen molar-refractivity contribution in [2.75, 3.05) is 13.2 Å². The number of hydrogen-bond acceptors (Lipinski definition) is 4. The maximum Gasteiger partial charge on any atom is 0.422 e. The van der Waals surface area contributed by atoms with E-state index in [1.54, 1.807) is 12.1 Å². The lowest BCUT2D eigenvalue weighted by molar-refractivity contribution is -0.153. The number of aliphatic hydroxyl groups is 1. The van der Waals surface area contributed by atoms with Crippen LogP contribution in [0.1, 0.15) is 41.7 Å². The number of nitrogens with one attached hydrogen (secondary N) is 1. The summed E-state index contributed by atoms with van der Waals surface area (Å²) in [5, 5.41) is 12.8. The van der Waals surface area contributed by atoms with Crippen LogP contribution in [0.3, 0.4) is 0 Å². The molecule has 1 saturated carbocycles. The Hall–Kier alpha value is -2.61. The lowest BCUT2D eigenvalue weighted by Gasteiger charge is -2.12. The molecule has 2 N–H and O–H groups in total. The number of hydrogen-bond donors (Lipinski definition) is 2. The molecule has 28 heavy (non-hydrogen) atoms. The van der Waals surface area contributed by atoms with Gasteiger partial charge in [-0.15, -0.1) is 0 Å². The fourth-order valence-electron chi connectivity index (χ4n) is 2.74. The standard InChI is InChI=1S/C20H21F3N2O3/c21-20(22,23)12-28-17-8-7-16(25-11-17)9-10-24-19(27)18(26)15-5-3-14(4-6-15)13-1-2-13/h3-8,11,13,18,26H,1-2,9-10,12H2,(H,24,27). The second kappa shape index (κ2) is 8.60. The van der Waals surface area contributed by atoms with Gasteiger partial charge in [0.05, 0.1) is 6.20 Å². The van der Waals surface area contributed by atoms with Gasteiger partial charge in [0, 0.05) is 18.7 Å². The van der Waals surface area contributed by atoms with Crippen LogP contribution in [-0.2, 0) is 11.2 Å². The first-order valence-corrected chi connectivity index (χ1v) is 9.02. The number of rotatable bonds is 8. The molecule has 0 radical (unpaired) electrons. The molecule has 1 aromatic carbocycles. The van der Waals surface area contributed by atoms with E-state index in [9.17, 15) is 23.1 Å². The third-order valence-electron chi connectivity index (χ3n) is 4.43. The van der Waals surface area contributed by atoms with Gasteiger partial charge in [-0.1, -0.05) is 24.3 Å². The fourth-order valence-corrected chi connectivity index (χ4v) is 2.74. The molecule has 3 rings (SSSR count). The molecular weight excluding hydrogens is 373 g/mol. The van der Waals surface area contributed by atoms with Crippen LogP contribution in [0.25, 0.3) is 0 Å². The van der Waals surface area contributed by atoms with Crippen molar-refractivity contribution < 1.29 is 27.8 Å². The number of pyridine rings is 1. The van der Waals surface area contributed by atoms with Gasteiger partial charge in [0.1, 0.15) is 5.75 Å².